The number of nitrogens with zero attached hydrogens (tertiary/aromatic N) is 2. The van der Waals surface area contributed by atoms with Gasteiger partial charge in [-0.2, -0.15) is 0 Å². The summed E-state index contributed by atoms with van der Waals surface area (Å²) < 4.78 is 50.2. The summed E-state index contributed by atoms with van der Waals surface area (Å²) in [5, 5.41) is 0. The van der Waals surface area contributed by atoms with Crippen molar-refractivity contribution in [1.82, 2.24) is 9.47 Å². The molecule has 1 saturated heterocycles. The van der Waals surface area contributed by atoms with Gasteiger partial charge in [-0.1, -0.05) is 19.4 Å². The Morgan fingerprint density at radius 1 is 1.05 bits per heavy atom. The zero-order chi connectivity index (χ0) is 26.6. The average molecular weight is 529 g/mol. The number of pyridine rings is 1. The number of amides is 1. The molecule has 1 amide bonds. The first kappa shape index (κ1) is 26.4. The second-order valence-electron chi connectivity index (χ2n) is 9.02. The number of carbonyl (C=O) groups excluding carboxylic acids is 1. The Morgan fingerprint density at radius 2 is 1.76 bits per heavy atom. The number of aryl methyl sites for hydroxylation is 1. The number of carbonyl (C=O) groups is 1. The lowest BCUT2D eigenvalue weighted by atomic mass is 10.1. The number of sulfone groups is 1. The van der Waals surface area contributed by atoms with Crippen LogP contribution < -0.4 is 15.0 Å². The first-order valence-corrected chi connectivity index (χ1v) is 14.0. The minimum atomic E-state index is -3.32. The summed E-state index contributed by atoms with van der Waals surface area (Å²) in [5.41, 5.74) is 1.07. The van der Waals surface area contributed by atoms with Gasteiger partial charge in [-0.15, -0.1) is 0 Å². The molecule has 2 heterocycles. The number of aromatic nitrogens is 1. The van der Waals surface area contributed by atoms with Crippen LogP contribution in [-0.4, -0.2) is 49.4 Å². The molecule has 0 bridgehead atoms. The molecule has 0 saturated carbocycles. The van der Waals surface area contributed by atoms with E-state index in [-0.39, 0.29) is 22.3 Å². The van der Waals surface area contributed by atoms with E-state index in [1.165, 1.54) is 39.8 Å². The van der Waals surface area contributed by atoms with Gasteiger partial charge in [0.1, 0.15) is 11.9 Å². The van der Waals surface area contributed by atoms with Gasteiger partial charge in [0.25, 0.3) is 5.56 Å². The van der Waals surface area contributed by atoms with E-state index in [4.69, 9.17) is 9.47 Å². The Balaban J connectivity index is 1.32. The van der Waals surface area contributed by atoms with Gasteiger partial charge in [0, 0.05) is 50.1 Å². The van der Waals surface area contributed by atoms with Crippen molar-refractivity contribution >= 4 is 15.9 Å². The van der Waals surface area contributed by atoms with Gasteiger partial charge in [-0.25, -0.2) is 17.6 Å². The van der Waals surface area contributed by atoms with Crippen LogP contribution >= 0.6 is 0 Å². The Labute approximate surface area is 215 Å². The van der Waals surface area contributed by atoms with E-state index in [0.29, 0.717) is 37.4 Å². The quantitative estimate of drug-likeness (QED) is 0.452. The fraction of sp³-hybridized carbons (Fsp3) is 0.333. The van der Waals surface area contributed by atoms with Crippen LogP contribution in [0, 0.1) is 5.82 Å². The van der Waals surface area contributed by atoms with E-state index in [1.54, 1.807) is 30.5 Å². The molecule has 37 heavy (non-hydrogen) atoms. The first-order chi connectivity index (χ1) is 17.6. The van der Waals surface area contributed by atoms with Crippen LogP contribution in [0.3, 0.4) is 0 Å². The number of halogens is 1. The number of hydrogen-bond acceptors (Lipinski definition) is 6. The van der Waals surface area contributed by atoms with Gasteiger partial charge in [0.15, 0.2) is 21.4 Å². The van der Waals surface area contributed by atoms with Crippen LogP contribution in [0.5, 0.6) is 11.5 Å². The predicted octanol–water partition coefficient (Wildman–Crippen LogP) is 4.37. The summed E-state index contributed by atoms with van der Waals surface area (Å²) in [6.45, 7) is 2.77. The van der Waals surface area contributed by atoms with Crippen LogP contribution in [0.25, 0.3) is 5.69 Å². The summed E-state index contributed by atoms with van der Waals surface area (Å²) in [7, 11) is -3.32. The lowest BCUT2D eigenvalue weighted by molar-refractivity contribution is 0.0922. The standard InChI is InChI=1S/C27H29FN2O6S/c1-3-4-19-5-10-25(24(28)17-19)36-27(32)29-14-11-21(12-15-29)35-22-13-16-30(26(31)18-22)20-6-8-23(9-7-20)37(2,33)34/h5-10,13,16-18,21H,3-4,11-12,14-15H2,1-2H3. The van der Waals surface area contributed by atoms with Crippen LogP contribution in [0.1, 0.15) is 31.7 Å². The monoisotopic (exact) mass is 528 g/mol. The maximum atomic E-state index is 14.3. The fourth-order valence-corrected chi connectivity index (χ4v) is 4.81. The Kier molecular flexibility index (Phi) is 7.97. The third kappa shape index (κ3) is 6.56. The van der Waals surface area contributed by atoms with Crippen LogP contribution in [0.2, 0.25) is 0 Å². The normalized spacial score (nSPS) is 14.4. The Morgan fingerprint density at radius 3 is 2.35 bits per heavy atom. The zero-order valence-electron chi connectivity index (χ0n) is 20.7. The first-order valence-electron chi connectivity index (χ1n) is 12.1. The second-order valence-corrected chi connectivity index (χ2v) is 11.0. The van der Waals surface area contributed by atoms with E-state index in [1.807, 2.05) is 6.92 Å². The molecule has 2 aromatic carbocycles. The summed E-state index contributed by atoms with van der Waals surface area (Å²) in [5.74, 6) is -0.238. The highest BCUT2D eigenvalue weighted by atomic mass is 32.2. The molecule has 0 spiro atoms. The predicted molar refractivity (Wildman–Crippen MR) is 137 cm³/mol. The van der Waals surface area contributed by atoms with Gasteiger partial charge in [0.2, 0.25) is 0 Å². The molecule has 0 unspecified atom stereocenters. The number of benzene rings is 2. The molecule has 1 aliphatic rings. The summed E-state index contributed by atoms with van der Waals surface area (Å²) >= 11 is 0. The van der Waals surface area contributed by atoms with Gasteiger partial charge >= 0.3 is 6.09 Å². The largest absolute Gasteiger partial charge is 0.490 e. The summed E-state index contributed by atoms with van der Waals surface area (Å²) in [6, 6.07) is 13.7. The van der Waals surface area contributed by atoms with Gasteiger partial charge in [0.05, 0.1) is 4.90 Å². The van der Waals surface area contributed by atoms with E-state index in [9.17, 15) is 22.4 Å². The molecular weight excluding hydrogens is 499 g/mol. The molecular formula is C27H29FN2O6S. The lowest BCUT2D eigenvalue weighted by Crippen LogP contribution is -2.43. The van der Waals surface area contributed by atoms with Crippen molar-refractivity contribution < 1.29 is 27.1 Å². The average Bonchev–Trinajstić information content (AvgIpc) is 2.86. The third-order valence-corrected chi connectivity index (χ3v) is 7.30. The number of rotatable bonds is 7. The molecule has 1 fully saturated rings. The molecule has 0 atom stereocenters. The summed E-state index contributed by atoms with van der Waals surface area (Å²) in [4.78, 5) is 26.8. The molecule has 1 aliphatic heterocycles. The van der Waals surface area contributed by atoms with Gasteiger partial charge in [-0.3, -0.25) is 9.36 Å². The number of piperidine rings is 1. The maximum absolute atomic E-state index is 14.3. The molecule has 8 nitrogen and oxygen atoms in total. The topological polar surface area (TPSA) is 94.9 Å². The zero-order valence-corrected chi connectivity index (χ0v) is 21.5. The molecule has 3 aromatic rings. The number of likely N-dealkylation sites (tertiary alicyclic amines) is 1. The van der Waals surface area contributed by atoms with E-state index in [0.717, 1.165) is 24.7 Å². The van der Waals surface area contributed by atoms with Crippen molar-refractivity contribution in [2.75, 3.05) is 19.3 Å². The van der Waals surface area contributed by atoms with Crippen LogP contribution in [0.4, 0.5) is 9.18 Å². The fourth-order valence-electron chi connectivity index (χ4n) is 4.18. The molecule has 196 valence electrons. The van der Waals surface area contributed by atoms with Crippen molar-refractivity contribution in [3.05, 3.63) is 82.5 Å². The van der Waals surface area contributed by atoms with E-state index in [2.05, 4.69) is 0 Å². The van der Waals surface area contributed by atoms with E-state index < -0.39 is 21.7 Å². The number of hydrogen-bond donors (Lipinski definition) is 0. The smallest absolute Gasteiger partial charge is 0.415 e. The lowest BCUT2D eigenvalue weighted by Gasteiger charge is -2.31. The second kappa shape index (κ2) is 11.2. The molecule has 0 N–H and O–H groups in total. The minimum absolute atomic E-state index is 0.0882. The molecule has 10 heteroatoms. The van der Waals surface area contributed by atoms with Crippen LogP contribution in [-0.2, 0) is 16.3 Å². The highest BCUT2D eigenvalue weighted by Gasteiger charge is 2.26. The molecule has 0 radical (unpaired) electrons. The molecule has 0 aliphatic carbocycles. The van der Waals surface area contributed by atoms with Gasteiger partial charge in [-0.05, 0) is 54.4 Å². The van der Waals surface area contributed by atoms with Crippen molar-refractivity contribution in [3.8, 4) is 17.2 Å². The SMILES string of the molecule is CCCc1ccc(OC(=O)N2CCC(Oc3ccn(-c4ccc(S(C)(=O)=O)cc4)c(=O)c3)CC2)c(F)c1. The van der Waals surface area contributed by atoms with Crippen molar-refractivity contribution in [2.24, 2.45) is 0 Å². The Bertz CT molecular complexity index is 1430. The maximum Gasteiger partial charge on any atom is 0.415 e. The van der Waals surface area contributed by atoms with Gasteiger partial charge < -0.3 is 14.4 Å². The summed E-state index contributed by atoms with van der Waals surface area (Å²) in [6.07, 6.45) is 4.61. The third-order valence-electron chi connectivity index (χ3n) is 6.17. The highest BCUT2D eigenvalue weighted by Crippen LogP contribution is 2.23. The van der Waals surface area contributed by atoms with Crippen LogP contribution in [0.15, 0.2) is 70.5 Å². The highest BCUT2D eigenvalue weighted by molar-refractivity contribution is 7.90. The van der Waals surface area contributed by atoms with Crippen molar-refractivity contribution in [2.45, 2.75) is 43.6 Å². The molecule has 1 aromatic heterocycles. The van der Waals surface area contributed by atoms with Crippen molar-refractivity contribution in [3.63, 3.8) is 0 Å². The Hall–Kier alpha value is -3.66. The molecule has 4 rings (SSSR count). The van der Waals surface area contributed by atoms with Crippen molar-refractivity contribution in [1.29, 1.82) is 0 Å². The minimum Gasteiger partial charge on any atom is -0.490 e. The van der Waals surface area contributed by atoms with E-state index >= 15 is 0 Å². The number of ether oxygens (including phenoxy) is 2.